The molecule has 17 heteroatoms. The summed E-state index contributed by atoms with van der Waals surface area (Å²) in [6.45, 7) is 2.79. The first kappa shape index (κ1) is 31.1. The van der Waals surface area contributed by atoms with Gasteiger partial charge in [0.2, 0.25) is 5.91 Å². The number of fused-ring (bicyclic) bond motifs is 1. The molecule has 1 aromatic heterocycles. The summed E-state index contributed by atoms with van der Waals surface area (Å²) in [5.74, 6) is -8.09. The van der Waals surface area contributed by atoms with Crippen LogP contribution in [0.4, 0.5) is 35.1 Å². The van der Waals surface area contributed by atoms with E-state index in [4.69, 9.17) is 24.5 Å². The zero-order valence-electron chi connectivity index (χ0n) is 19.4. The number of pyridine rings is 1. The van der Waals surface area contributed by atoms with E-state index in [1.165, 1.54) is 10.5 Å². The van der Waals surface area contributed by atoms with E-state index in [1.54, 1.807) is 12.4 Å². The quantitative estimate of drug-likeness (QED) is 0.535. The number of ether oxygens (including phenoxy) is 1. The van der Waals surface area contributed by atoms with E-state index >= 15 is 0 Å². The van der Waals surface area contributed by atoms with E-state index < -0.39 is 43.3 Å². The molecule has 1 aromatic rings. The second kappa shape index (κ2) is 11.8. The van der Waals surface area contributed by atoms with E-state index in [1.807, 2.05) is 12.1 Å². The van der Waals surface area contributed by atoms with Gasteiger partial charge < -0.3 is 19.8 Å². The molecule has 0 spiro atoms. The molecule has 9 nitrogen and oxygen atoms in total. The van der Waals surface area contributed by atoms with Crippen LogP contribution in [0.15, 0.2) is 24.5 Å². The van der Waals surface area contributed by atoms with Gasteiger partial charge in [0.25, 0.3) is 5.92 Å². The van der Waals surface area contributed by atoms with Crippen LogP contribution in [-0.4, -0.2) is 101 Å². The Bertz CT molecular complexity index is 959. The molecule has 0 unspecified atom stereocenters. The minimum absolute atomic E-state index is 0.165. The van der Waals surface area contributed by atoms with Crippen LogP contribution >= 0.6 is 0 Å². The molecule has 2 N–H and O–H groups in total. The molecule has 0 saturated carbocycles. The topological polar surface area (TPSA) is 120 Å². The van der Waals surface area contributed by atoms with Gasteiger partial charge in [-0.25, -0.2) is 18.4 Å². The minimum atomic E-state index is -5.08. The number of aliphatic carboxylic acids is 2. The lowest BCUT2D eigenvalue weighted by atomic mass is 9.77. The van der Waals surface area contributed by atoms with Crippen LogP contribution in [0.5, 0.6) is 0 Å². The number of carbonyl (C=O) groups is 3. The Balaban J connectivity index is 0.000000301. The highest BCUT2D eigenvalue weighted by Crippen LogP contribution is 2.45. The van der Waals surface area contributed by atoms with Gasteiger partial charge in [-0.2, -0.15) is 26.3 Å². The van der Waals surface area contributed by atoms with Crippen molar-refractivity contribution in [2.75, 3.05) is 39.4 Å². The van der Waals surface area contributed by atoms with Crippen molar-refractivity contribution in [1.29, 1.82) is 0 Å². The zero-order valence-corrected chi connectivity index (χ0v) is 19.4. The third kappa shape index (κ3) is 8.75. The summed E-state index contributed by atoms with van der Waals surface area (Å²) in [5.41, 5.74) is 0.962. The molecule has 0 radical (unpaired) electrons. The number of halogens is 8. The number of carboxylic acid groups (broad SMARTS) is 2. The van der Waals surface area contributed by atoms with Crippen molar-refractivity contribution >= 4 is 17.8 Å². The fourth-order valence-corrected chi connectivity index (χ4v) is 4.16. The Kier molecular flexibility index (Phi) is 9.63. The van der Waals surface area contributed by atoms with Crippen LogP contribution in [0.2, 0.25) is 0 Å². The van der Waals surface area contributed by atoms with Gasteiger partial charge in [0.05, 0.1) is 26.3 Å². The number of alkyl halides is 8. The van der Waals surface area contributed by atoms with E-state index in [0.717, 1.165) is 19.6 Å². The van der Waals surface area contributed by atoms with E-state index in [-0.39, 0.29) is 11.3 Å². The van der Waals surface area contributed by atoms with Crippen molar-refractivity contribution < 1.29 is 64.5 Å². The summed E-state index contributed by atoms with van der Waals surface area (Å²) >= 11 is 0. The van der Waals surface area contributed by atoms with Gasteiger partial charge in [0.15, 0.2) is 0 Å². The predicted molar refractivity (Wildman–Crippen MR) is 110 cm³/mol. The maximum absolute atomic E-state index is 13.0. The smallest absolute Gasteiger partial charge is 0.475 e. The molecule has 38 heavy (non-hydrogen) atoms. The van der Waals surface area contributed by atoms with Crippen LogP contribution in [0.25, 0.3) is 0 Å². The summed E-state index contributed by atoms with van der Waals surface area (Å²) in [5, 5.41) is 14.2. The monoisotopic (exact) mass is 565 g/mol. The molecular formula is C21H23F8N3O6. The number of hydrogen-bond acceptors (Lipinski definition) is 6. The number of rotatable bonds is 4. The largest absolute Gasteiger partial charge is 0.490 e. The molecule has 4 heterocycles. The first-order valence-electron chi connectivity index (χ1n) is 10.8. The highest BCUT2D eigenvalue weighted by Gasteiger charge is 2.54. The van der Waals surface area contributed by atoms with Crippen LogP contribution < -0.4 is 0 Å². The molecule has 214 valence electrons. The van der Waals surface area contributed by atoms with Crippen molar-refractivity contribution in [2.45, 2.75) is 31.2 Å². The normalized spacial score (nSPS) is 24.2. The van der Waals surface area contributed by atoms with Gasteiger partial charge in [-0.15, -0.1) is 0 Å². The number of amides is 1. The van der Waals surface area contributed by atoms with Crippen molar-refractivity contribution in [3.8, 4) is 0 Å². The summed E-state index contributed by atoms with van der Waals surface area (Å²) in [6, 6.07) is 3.98. The highest BCUT2D eigenvalue weighted by atomic mass is 19.4. The number of aromatic nitrogens is 1. The summed E-state index contributed by atoms with van der Waals surface area (Å²) in [7, 11) is 0. The molecule has 1 amide bonds. The third-order valence-corrected chi connectivity index (χ3v) is 5.93. The van der Waals surface area contributed by atoms with Crippen molar-refractivity contribution in [1.82, 2.24) is 14.8 Å². The Labute approximate surface area is 210 Å². The first-order chi connectivity index (χ1) is 17.3. The van der Waals surface area contributed by atoms with Crippen molar-refractivity contribution in [2.24, 2.45) is 11.3 Å². The standard InChI is InChI=1S/C17H21F2N3O2.2C2HF3O2/c18-17(19)10-22(11-17)15(23)5-16-9-21(7-14(16)8-24-12-16)6-13-1-3-20-4-2-13;2*3-2(4,5)1(6)7/h1-4,14H,5-12H2;2*(H,6,7)/t14-,16+;;/m1../s1. The predicted octanol–water partition coefficient (Wildman–Crippen LogP) is 2.66. The van der Waals surface area contributed by atoms with Crippen molar-refractivity contribution in [3.63, 3.8) is 0 Å². The summed E-state index contributed by atoms with van der Waals surface area (Å²) < 4.78 is 95.1. The molecule has 3 fully saturated rings. The molecule has 0 bridgehead atoms. The van der Waals surface area contributed by atoms with Gasteiger partial charge in [0, 0.05) is 49.8 Å². The minimum Gasteiger partial charge on any atom is -0.475 e. The molecule has 3 aliphatic heterocycles. The van der Waals surface area contributed by atoms with Gasteiger partial charge in [0.1, 0.15) is 0 Å². The lowest BCUT2D eigenvalue weighted by Gasteiger charge is -2.40. The highest BCUT2D eigenvalue weighted by molar-refractivity contribution is 5.78. The van der Waals surface area contributed by atoms with Gasteiger partial charge in [-0.1, -0.05) is 0 Å². The van der Waals surface area contributed by atoms with Gasteiger partial charge in [-0.05, 0) is 17.7 Å². The number of carboxylic acids is 2. The molecule has 0 aliphatic carbocycles. The molecule has 4 rings (SSSR count). The average Bonchev–Trinajstić information content (AvgIpc) is 3.28. The van der Waals surface area contributed by atoms with Crippen LogP contribution in [-0.2, 0) is 25.7 Å². The Morgan fingerprint density at radius 1 is 0.974 bits per heavy atom. The molecule has 3 saturated heterocycles. The fraction of sp³-hybridized carbons (Fsp3) is 0.619. The van der Waals surface area contributed by atoms with E-state index in [2.05, 4.69) is 9.88 Å². The van der Waals surface area contributed by atoms with Gasteiger partial charge >= 0.3 is 24.3 Å². The Morgan fingerprint density at radius 2 is 1.47 bits per heavy atom. The summed E-state index contributed by atoms with van der Waals surface area (Å²) in [6.07, 6.45) is -6.31. The second-order valence-corrected chi connectivity index (χ2v) is 8.99. The maximum atomic E-state index is 13.0. The van der Waals surface area contributed by atoms with Crippen LogP contribution in [0.1, 0.15) is 12.0 Å². The molecule has 0 aromatic carbocycles. The Morgan fingerprint density at radius 3 is 1.92 bits per heavy atom. The second-order valence-electron chi connectivity index (χ2n) is 8.99. The summed E-state index contributed by atoms with van der Waals surface area (Å²) in [4.78, 5) is 37.8. The number of carbonyl (C=O) groups excluding carboxylic acids is 1. The zero-order chi connectivity index (χ0) is 28.9. The third-order valence-electron chi connectivity index (χ3n) is 5.93. The average molecular weight is 565 g/mol. The number of hydrogen-bond donors (Lipinski definition) is 2. The maximum Gasteiger partial charge on any atom is 0.490 e. The SMILES string of the molecule is O=C(C[C@]12COC[C@H]1CN(Cc1ccncc1)C2)N1CC(F)(F)C1.O=C(O)C(F)(F)F.O=C(O)C(F)(F)F. The van der Waals surface area contributed by atoms with Crippen LogP contribution in [0, 0.1) is 11.3 Å². The molecular weight excluding hydrogens is 542 g/mol. The van der Waals surface area contributed by atoms with Gasteiger partial charge in [-0.3, -0.25) is 14.7 Å². The molecule has 2 atom stereocenters. The number of nitrogens with zero attached hydrogens (tertiary/aromatic N) is 3. The van der Waals surface area contributed by atoms with Crippen LogP contribution in [0.3, 0.4) is 0 Å². The lowest BCUT2D eigenvalue weighted by molar-refractivity contribution is -0.193. The fourth-order valence-electron chi connectivity index (χ4n) is 4.16. The molecule has 3 aliphatic rings. The lowest BCUT2D eigenvalue weighted by Crippen LogP contribution is -2.59. The Hall–Kier alpha value is -3.08. The van der Waals surface area contributed by atoms with E-state index in [9.17, 15) is 39.9 Å². The van der Waals surface area contributed by atoms with Crippen molar-refractivity contribution in [3.05, 3.63) is 30.1 Å². The number of likely N-dealkylation sites (tertiary alicyclic amines) is 2. The van der Waals surface area contributed by atoms with E-state index in [0.29, 0.717) is 25.6 Å². The first-order valence-corrected chi connectivity index (χ1v) is 10.8.